The molecule has 1 aliphatic carbocycles. The fraction of sp³-hybridized carbons (Fsp3) is 0.375. The smallest absolute Gasteiger partial charge is 0.335 e. The van der Waals surface area contributed by atoms with Gasteiger partial charge in [0.1, 0.15) is 12.4 Å². The van der Waals surface area contributed by atoms with Crippen molar-refractivity contribution < 1.29 is 19.0 Å². The van der Waals surface area contributed by atoms with Crippen molar-refractivity contribution in [3.63, 3.8) is 0 Å². The minimum Gasteiger partial charge on any atom is -0.492 e. The molecule has 4 aromatic rings. The molecule has 0 radical (unpaired) electrons. The molecule has 0 heterocycles. The number of esters is 1. The lowest BCUT2D eigenvalue weighted by molar-refractivity contribution is -0.156. The summed E-state index contributed by atoms with van der Waals surface area (Å²) in [6.07, 6.45) is 3.95. The molecule has 5 rings (SSSR count). The van der Waals surface area contributed by atoms with E-state index in [0.29, 0.717) is 26.2 Å². The van der Waals surface area contributed by atoms with Crippen molar-refractivity contribution >= 4 is 5.97 Å². The second-order valence-electron chi connectivity index (χ2n) is 11.9. The minimum absolute atomic E-state index is 0.166. The monoisotopic (exact) mass is 605 g/mol. The van der Waals surface area contributed by atoms with E-state index >= 15 is 0 Å². The highest BCUT2D eigenvalue weighted by Crippen LogP contribution is 2.37. The van der Waals surface area contributed by atoms with E-state index < -0.39 is 6.10 Å². The first-order valence-electron chi connectivity index (χ1n) is 16.5. The average Bonchev–Trinajstić information content (AvgIpc) is 3.22. The molecule has 1 aliphatic rings. The zero-order valence-corrected chi connectivity index (χ0v) is 27.3. The van der Waals surface area contributed by atoms with Gasteiger partial charge in [-0.3, -0.25) is 4.90 Å². The number of hydrogen-bond donors (Lipinski definition) is 0. The number of nitrogens with zero attached hydrogens (tertiary/aromatic N) is 1. The number of hydrogen-bond acceptors (Lipinski definition) is 5. The molecule has 45 heavy (non-hydrogen) atoms. The average molecular weight is 606 g/mol. The van der Waals surface area contributed by atoms with Crippen LogP contribution in [0.3, 0.4) is 0 Å². The van der Waals surface area contributed by atoms with E-state index in [4.69, 9.17) is 14.2 Å². The molecule has 0 saturated carbocycles. The van der Waals surface area contributed by atoms with Crippen LogP contribution in [-0.2, 0) is 46.4 Å². The molecule has 0 amide bonds. The standard InChI is InChI=1S/C40H47NO4/c1-5-29-13-17-33-18-19-34-26-32(25-30-11-9-8-10-12-30)16-22-36(34)39(37(33)27-29)41(4)23-24-45-35-20-14-31(15-21-35)28-38(43-6-2)40(42)44-7-3/h8-17,20-22,26-27,38-39H,5-7,18-19,23-25,28H2,1-4H3. The fourth-order valence-electron chi connectivity index (χ4n) is 6.36. The Morgan fingerprint density at radius 1 is 0.778 bits per heavy atom. The van der Waals surface area contributed by atoms with E-state index in [1.54, 1.807) is 0 Å². The Bertz CT molecular complexity index is 1530. The second-order valence-corrected chi connectivity index (χ2v) is 11.9. The van der Waals surface area contributed by atoms with Gasteiger partial charge in [0.25, 0.3) is 0 Å². The molecule has 0 fully saturated rings. The summed E-state index contributed by atoms with van der Waals surface area (Å²) in [5.74, 6) is 0.500. The molecule has 0 bridgehead atoms. The van der Waals surface area contributed by atoms with Gasteiger partial charge in [0, 0.05) is 19.6 Å². The highest BCUT2D eigenvalue weighted by Gasteiger charge is 2.27. The third-order valence-corrected chi connectivity index (χ3v) is 8.75. The molecule has 0 spiro atoms. The van der Waals surface area contributed by atoms with Gasteiger partial charge in [0.05, 0.1) is 12.6 Å². The maximum absolute atomic E-state index is 12.3. The third kappa shape index (κ3) is 8.42. The second kappa shape index (κ2) is 15.9. The predicted octanol–water partition coefficient (Wildman–Crippen LogP) is 7.55. The third-order valence-electron chi connectivity index (χ3n) is 8.75. The van der Waals surface area contributed by atoms with E-state index in [9.17, 15) is 4.79 Å². The molecule has 0 N–H and O–H groups in total. The molecule has 0 aromatic heterocycles. The number of aryl methyl sites for hydroxylation is 3. The molecule has 2 atom stereocenters. The van der Waals surface area contributed by atoms with Crippen LogP contribution >= 0.6 is 0 Å². The number of likely N-dealkylation sites (N-methyl/N-ethyl adjacent to an activating group) is 1. The summed E-state index contributed by atoms with van der Waals surface area (Å²) in [4.78, 5) is 14.7. The molecule has 5 heteroatoms. The summed E-state index contributed by atoms with van der Waals surface area (Å²) < 4.78 is 17.0. The van der Waals surface area contributed by atoms with E-state index in [-0.39, 0.29) is 12.0 Å². The lowest BCUT2D eigenvalue weighted by Gasteiger charge is -2.31. The molecule has 5 nitrogen and oxygen atoms in total. The van der Waals surface area contributed by atoms with Crippen LogP contribution in [0.25, 0.3) is 0 Å². The van der Waals surface area contributed by atoms with Gasteiger partial charge in [-0.1, -0.05) is 85.8 Å². The summed E-state index contributed by atoms with van der Waals surface area (Å²) in [6.45, 7) is 8.08. The maximum Gasteiger partial charge on any atom is 0.335 e. The highest BCUT2D eigenvalue weighted by molar-refractivity contribution is 5.75. The Balaban J connectivity index is 1.29. The van der Waals surface area contributed by atoms with Crippen LogP contribution < -0.4 is 4.74 Å². The molecule has 0 aliphatic heterocycles. The summed E-state index contributed by atoms with van der Waals surface area (Å²) in [7, 11) is 2.22. The summed E-state index contributed by atoms with van der Waals surface area (Å²) in [6, 6.07) is 33.0. The van der Waals surface area contributed by atoms with Gasteiger partial charge in [0.15, 0.2) is 6.10 Å². The van der Waals surface area contributed by atoms with Gasteiger partial charge < -0.3 is 14.2 Å². The highest BCUT2D eigenvalue weighted by atomic mass is 16.6. The molecule has 4 aromatic carbocycles. The minimum atomic E-state index is -0.594. The molecule has 0 saturated heterocycles. The van der Waals surface area contributed by atoms with Crippen LogP contribution in [0.1, 0.15) is 71.3 Å². The lowest BCUT2D eigenvalue weighted by Crippen LogP contribution is -2.30. The summed E-state index contributed by atoms with van der Waals surface area (Å²) in [5, 5.41) is 0. The molecular formula is C40H47NO4. The van der Waals surface area contributed by atoms with Gasteiger partial charge in [-0.15, -0.1) is 0 Å². The Labute approximate surface area is 269 Å². The van der Waals surface area contributed by atoms with Crippen LogP contribution in [0.5, 0.6) is 5.75 Å². The van der Waals surface area contributed by atoms with Gasteiger partial charge in [-0.25, -0.2) is 4.79 Å². The van der Waals surface area contributed by atoms with Crippen molar-refractivity contribution in [2.45, 2.75) is 65.0 Å². The van der Waals surface area contributed by atoms with Crippen LogP contribution in [-0.4, -0.2) is 50.4 Å². The van der Waals surface area contributed by atoms with Gasteiger partial charge in [-0.2, -0.15) is 0 Å². The van der Waals surface area contributed by atoms with Crippen molar-refractivity contribution in [2.75, 3.05) is 33.4 Å². The zero-order chi connectivity index (χ0) is 31.6. The summed E-state index contributed by atoms with van der Waals surface area (Å²) >= 11 is 0. The van der Waals surface area contributed by atoms with E-state index in [1.807, 2.05) is 38.1 Å². The zero-order valence-electron chi connectivity index (χ0n) is 27.3. The largest absolute Gasteiger partial charge is 0.492 e. The molecule has 2 unspecified atom stereocenters. The Kier molecular flexibility index (Phi) is 11.5. The first kappa shape index (κ1) is 32.5. The lowest BCUT2D eigenvalue weighted by atomic mass is 9.90. The van der Waals surface area contributed by atoms with Crippen LogP contribution in [0.4, 0.5) is 0 Å². The van der Waals surface area contributed by atoms with Crippen molar-refractivity contribution in [3.05, 3.63) is 136 Å². The predicted molar refractivity (Wildman–Crippen MR) is 181 cm³/mol. The van der Waals surface area contributed by atoms with Gasteiger partial charge in [-0.05, 0) is 103 Å². The number of carbonyl (C=O) groups is 1. The number of carbonyl (C=O) groups excluding carboxylic acids is 1. The van der Waals surface area contributed by atoms with Crippen molar-refractivity contribution in [3.8, 4) is 5.75 Å². The maximum atomic E-state index is 12.3. The van der Waals surface area contributed by atoms with Gasteiger partial charge >= 0.3 is 5.97 Å². The number of ether oxygens (including phenoxy) is 3. The quantitative estimate of drug-likeness (QED) is 0.139. The van der Waals surface area contributed by atoms with Crippen molar-refractivity contribution in [1.29, 1.82) is 0 Å². The van der Waals surface area contributed by atoms with Crippen LogP contribution in [0.15, 0.2) is 91.0 Å². The van der Waals surface area contributed by atoms with E-state index in [1.165, 1.54) is 38.9 Å². The topological polar surface area (TPSA) is 48.0 Å². The van der Waals surface area contributed by atoms with Crippen molar-refractivity contribution in [2.24, 2.45) is 0 Å². The first-order valence-corrected chi connectivity index (χ1v) is 16.5. The Morgan fingerprint density at radius 2 is 1.51 bits per heavy atom. The number of rotatable bonds is 14. The fourth-order valence-corrected chi connectivity index (χ4v) is 6.36. The SMILES string of the molecule is CCOC(=O)C(Cc1ccc(OCCN(C)C2c3ccc(Cc4ccccc4)cc3CCc3ccc(CC)cc32)cc1)OCC. The first-order chi connectivity index (χ1) is 22.0. The Morgan fingerprint density at radius 3 is 2.24 bits per heavy atom. The van der Waals surface area contributed by atoms with Crippen LogP contribution in [0, 0.1) is 0 Å². The Hall–Kier alpha value is -3.93. The normalized spacial score (nSPS) is 14.7. The molecule has 236 valence electrons. The summed E-state index contributed by atoms with van der Waals surface area (Å²) in [5.41, 5.74) is 10.8. The van der Waals surface area contributed by atoms with Gasteiger partial charge in [0.2, 0.25) is 0 Å². The number of fused-ring (bicyclic) bond motifs is 2. The van der Waals surface area contributed by atoms with E-state index in [0.717, 1.165) is 43.5 Å². The van der Waals surface area contributed by atoms with Crippen molar-refractivity contribution in [1.82, 2.24) is 4.90 Å². The van der Waals surface area contributed by atoms with E-state index in [2.05, 4.69) is 85.6 Å². The van der Waals surface area contributed by atoms with Crippen LogP contribution in [0.2, 0.25) is 0 Å². The molecular weight excluding hydrogens is 558 g/mol. The number of benzene rings is 4.